The fourth-order valence-corrected chi connectivity index (χ4v) is 1.82. The molecule has 1 rings (SSSR count). The van der Waals surface area contributed by atoms with E-state index in [1.807, 2.05) is 13.8 Å². The van der Waals surface area contributed by atoms with Crippen molar-refractivity contribution in [3.8, 4) is 0 Å². The highest BCUT2D eigenvalue weighted by atomic mass is 16.5. The molecule has 4 heteroatoms. The monoisotopic (exact) mass is 214 g/mol. The summed E-state index contributed by atoms with van der Waals surface area (Å²) < 4.78 is 5.40. The molecule has 0 radical (unpaired) electrons. The predicted octanol–water partition coefficient (Wildman–Crippen LogP) is 0.478. The molecule has 1 saturated heterocycles. The molecule has 88 valence electrons. The average molecular weight is 214 g/mol. The van der Waals surface area contributed by atoms with Crippen LogP contribution >= 0.6 is 0 Å². The van der Waals surface area contributed by atoms with E-state index >= 15 is 0 Å². The second-order valence-corrected chi connectivity index (χ2v) is 4.59. The number of likely N-dealkylation sites (tertiary alicyclic amines) is 1. The molecule has 0 spiro atoms. The van der Waals surface area contributed by atoms with Gasteiger partial charge >= 0.3 is 0 Å². The Morgan fingerprint density at radius 1 is 1.53 bits per heavy atom. The highest BCUT2D eigenvalue weighted by Crippen LogP contribution is 2.12. The standard InChI is InChI=1S/C11H22N2O2/c1-8(2)11(14)12-9-5-6-13(3)7-10(9)15-4/h8-10H,5-7H2,1-4H3,(H,12,14)/t9-,10-/m0/s1. The van der Waals surface area contributed by atoms with Crippen molar-refractivity contribution in [2.75, 3.05) is 27.2 Å². The van der Waals surface area contributed by atoms with Gasteiger partial charge in [-0.3, -0.25) is 4.79 Å². The molecule has 1 aliphatic rings. The number of amides is 1. The molecule has 1 fully saturated rings. The van der Waals surface area contributed by atoms with E-state index in [1.54, 1.807) is 7.11 Å². The van der Waals surface area contributed by atoms with E-state index in [-0.39, 0.29) is 24.0 Å². The van der Waals surface area contributed by atoms with E-state index in [1.165, 1.54) is 0 Å². The maximum atomic E-state index is 11.6. The lowest BCUT2D eigenvalue weighted by Crippen LogP contribution is -2.54. The second-order valence-electron chi connectivity index (χ2n) is 4.59. The largest absolute Gasteiger partial charge is 0.378 e. The van der Waals surface area contributed by atoms with Crippen LogP contribution in [0.3, 0.4) is 0 Å². The summed E-state index contributed by atoms with van der Waals surface area (Å²) in [6, 6.07) is 0.168. The molecular weight excluding hydrogens is 192 g/mol. The Balaban J connectivity index is 2.49. The third-order valence-electron chi connectivity index (χ3n) is 2.92. The van der Waals surface area contributed by atoms with Crippen molar-refractivity contribution in [3.63, 3.8) is 0 Å². The summed E-state index contributed by atoms with van der Waals surface area (Å²) in [6.45, 7) is 5.72. The molecule has 0 saturated carbocycles. The topological polar surface area (TPSA) is 41.6 Å². The Kier molecular flexibility index (Phi) is 4.54. The van der Waals surface area contributed by atoms with Crippen molar-refractivity contribution >= 4 is 5.91 Å². The fraction of sp³-hybridized carbons (Fsp3) is 0.909. The van der Waals surface area contributed by atoms with Crippen LogP contribution in [-0.2, 0) is 9.53 Å². The number of methoxy groups -OCH3 is 1. The number of hydrogen-bond donors (Lipinski definition) is 1. The molecule has 15 heavy (non-hydrogen) atoms. The van der Waals surface area contributed by atoms with E-state index in [4.69, 9.17) is 4.74 Å². The summed E-state index contributed by atoms with van der Waals surface area (Å²) in [7, 11) is 3.78. The number of nitrogens with zero attached hydrogens (tertiary/aromatic N) is 1. The zero-order valence-electron chi connectivity index (χ0n) is 10.1. The smallest absolute Gasteiger partial charge is 0.222 e. The molecule has 1 N–H and O–H groups in total. The van der Waals surface area contributed by atoms with Gasteiger partial charge in [0.15, 0.2) is 0 Å². The van der Waals surface area contributed by atoms with Crippen LogP contribution in [0.2, 0.25) is 0 Å². The summed E-state index contributed by atoms with van der Waals surface area (Å²) in [6.07, 6.45) is 1.08. The summed E-state index contributed by atoms with van der Waals surface area (Å²) in [4.78, 5) is 13.8. The van der Waals surface area contributed by atoms with Crippen LogP contribution in [0.25, 0.3) is 0 Å². The van der Waals surface area contributed by atoms with Gasteiger partial charge in [0.25, 0.3) is 0 Å². The molecule has 0 unspecified atom stereocenters. The summed E-state index contributed by atoms with van der Waals surface area (Å²) in [5, 5.41) is 3.05. The summed E-state index contributed by atoms with van der Waals surface area (Å²) in [5.74, 6) is 0.161. The average Bonchev–Trinajstić information content (AvgIpc) is 2.20. The molecule has 1 amide bonds. The SMILES string of the molecule is CO[C@H]1CN(C)CC[C@@H]1NC(=O)C(C)C. The fourth-order valence-electron chi connectivity index (χ4n) is 1.82. The minimum atomic E-state index is 0.0437. The molecule has 0 aromatic heterocycles. The lowest BCUT2D eigenvalue weighted by atomic mass is 10.0. The van der Waals surface area contributed by atoms with Crippen LogP contribution in [0.5, 0.6) is 0 Å². The molecule has 0 aromatic carbocycles. The molecule has 1 aliphatic heterocycles. The number of likely N-dealkylation sites (N-methyl/N-ethyl adjacent to an activating group) is 1. The van der Waals surface area contributed by atoms with Gasteiger partial charge in [0.1, 0.15) is 0 Å². The van der Waals surface area contributed by atoms with Gasteiger partial charge in [0, 0.05) is 19.6 Å². The van der Waals surface area contributed by atoms with Crippen molar-refractivity contribution in [1.29, 1.82) is 0 Å². The maximum absolute atomic E-state index is 11.6. The number of ether oxygens (including phenoxy) is 1. The third-order valence-corrected chi connectivity index (χ3v) is 2.92. The Bertz CT molecular complexity index is 219. The normalized spacial score (nSPS) is 28.1. The minimum Gasteiger partial charge on any atom is -0.378 e. The van der Waals surface area contributed by atoms with E-state index in [0.29, 0.717) is 0 Å². The Labute approximate surface area is 92.0 Å². The van der Waals surface area contributed by atoms with Crippen LogP contribution in [0, 0.1) is 5.92 Å². The minimum absolute atomic E-state index is 0.0437. The number of carbonyl (C=O) groups excluding carboxylic acids is 1. The number of piperidine rings is 1. The third kappa shape index (κ3) is 3.47. The molecule has 0 bridgehead atoms. The van der Waals surface area contributed by atoms with Gasteiger partial charge in [-0.1, -0.05) is 13.8 Å². The Morgan fingerprint density at radius 2 is 2.20 bits per heavy atom. The highest BCUT2D eigenvalue weighted by Gasteiger charge is 2.29. The first-order valence-corrected chi connectivity index (χ1v) is 5.56. The molecule has 2 atom stereocenters. The predicted molar refractivity (Wildman–Crippen MR) is 59.7 cm³/mol. The number of carbonyl (C=O) groups is 1. The first kappa shape index (κ1) is 12.5. The van der Waals surface area contributed by atoms with Crippen LogP contribution in [-0.4, -0.2) is 50.2 Å². The van der Waals surface area contributed by atoms with Crippen LogP contribution < -0.4 is 5.32 Å². The highest BCUT2D eigenvalue weighted by molar-refractivity contribution is 5.78. The van der Waals surface area contributed by atoms with Gasteiger partial charge in [0.2, 0.25) is 5.91 Å². The van der Waals surface area contributed by atoms with E-state index in [2.05, 4.69) is 17.3 Å². The second kappa shape index (κ2) is 5.47. The lowest BCUT2D eigenvalue weighted by molar-refractivity contribution is -0.126. The Morgan fingerprint density at radius 3 is 2.73 bits per heavy atom. The number of hydrogen-bond acceptors (Lipinski definition) is 3. The Hall–Kier alpha value is -0.610. The lowest BCUT2D eigenvalue weighted by Gasteiger charge is -2.36. The molecule has 0 aliphatic carbocycles. The van der Waals surface area contributed by atoms with E-state index < -0.39 is 0 Å². The molecule has 1 heterocycles. The van der Waals surface area contributed by atoms with Gasteiger partial charge in [-0.05, 0) is 20.0 Å². The zero-order chi connectivity index (χ0) is 11.4. The van der Waals surface area contributed by atoms with Crippen molar-refractivity contribution < 1.29 is 9.53 Å². The van der Waals surface area contributed by atoms with Gasteiger partial charge in [-0.2, -0.15) is 0 Å². The van der Waals surface area contributed by atoms with Crippen molar-refractivity contribution in [2.24, 2.45) is 5.92 Å². The van der Waals surface area contributed by atoms with Crippen LogP contribution in [0.4, 0.5) is 0 Å². The van der Waals surface area contributed by atoms with Crippen molar-refractivity contribution in [1.82, 2.24) is 10.2 Å². The van der Waals surface area contributed by atoms with Gasteiger partial charge in [-0.15, -0.1) is 0 Å². The van der Waals surface area contributed by atoms with E-state index in [0.717, 1.165) is 19.5 Å². The summed E-state index contributed by atoms with van der Waals surface area (Å²) >= 11 is 0. The van der Waals surface area contributed by atoms with Crippen molar-refractivity contribution in [3.05, 3.63) is 0 Å². The van der Waals surface area contributed by atoms with Gasteiger partial charge in [0.05, 0.1) is 12.1 Å². The first-order valence-electron chi connectivity index (χ1n) is 5.56. The van der Waals surface area contributed by atoms with Crippen LogP contribution in [0.1, 0.15) is 20.3 Å². The summed E-state index contributed by atoms with van der Waals surface area (Å²) in [5.41, 5.74) is 0. The maximum Gasteiger partial charge on any atom is 0.222 e. The van der Waals surface area contributed by atoms with Gasteiger partial charge in [-0.25, -0.2) is 0 Å². The van der Waals surface area contributed by atoms with Gasteiger partial charge < -0.3 is 15.0 Å². The van der Waals surface area contributed by atoms with E-state index in [9.17, 15) is 4.79 Å². The molecule has 4 nitrogen and oxygen atoms in total. The van der Waals surface area contributed by atoms with Crippen molar-refractivity contribution in [2.45, 2.75) is 32.4 Å². The van der Waals surface area contributed by atoms with Crippen LogP contribution in [0.15, 0.2) is 0 Å². The number of nitrogens with one attached hydrogen (secondary N) is 1. The first-order chi connectivity index (χ1) is 7.04. The quantitative estimate of drug-likeness (QED) is 0.743. The zero-order valence-corrected chi connectivity index (χ0v) is 10.1. The molecule has 0 aromatic rings. The molecular formula is C11H22N2O2. The number of rotatable bonds is 3.